The number of pyridine rings is 1. The predicted molar refractivity (Wildman–Crippen MR) is 96.2 cm³/mol. The van der Waals surface area contributed by atoms with Crippen molar-refractivity contribution in [3.8, 4) is 0 Å². The summed E-state index contributed by atoms with van der Waals surface area (Å²) in [6.07, 6.45) is 1.97. The highest BCUT2D eigenvalue weighted by atomic mass is 16.1. The molecule has 2 heterocycles. The maximum Gasteiger partial charge on any atom is 0.277 e. The summed E-state index contributed by atoms with van der Waals surface area (Å²) >= 11 is 0. The van der Waals surface area contributed by atoms with Gasteiger partial charge in [-0.25, -0.2) is 0 Å². The number of aromatic nitrogens is 2. The van der Waals surface area contributed by atoms with E-state index in [1.807, 2.05) is 68.2 Å². The highest BCUT2D eigenvalue weighted by molar-refractivity contribution is 6.18. The minimum Gasteiger partial charge on any atom is -0.338 e. The zero-order valence-electron chi connectivity index (χ0n) is 14.1. The van der Waals surface area contributed by atoms with Gasteiger partial charge in [0, 0.05) is 35.0 Å². The normalized spacial score (nSPS) is 11.3. The van der Waals surface area contributed by atoms with Crippen LogP contribution in [-0.2, 0) is 14.1 Å². The molecule has 0 fully saturated rings. The van der Waals surface area contributed by atoms with E-state index in [2.05, 4.69) is 22.8 Å². The number of carbonyl (C=O) groups excluding carboxylic acids is 1. The molecule has 0 aliphatic carbocycles. The Hall–Kier alpha value is -2.94. The van der Waals surface area contributed by atoms with Crippen molar-refractivity contribution in [3.05, 3.63) is 77.6 Å². The number of ketones is 1. The van der Waals surface area contributed by atoms with E-state index >= 15 is 0 Å². The van der Waals surface area contributed by atoms with Crippen LogP contribution in [0.1, 0.15) is 21.6 Å². The molecule has 0 amide bonds. The topological polar surface area (TPSA) is 25.9 Å². The summed E-state index contributed by atoms with van der Waals surface area (Å²) in [6.45, 7) is 2.03. The third-order valence-electron chi connectivity index (χ3n) is 4.72. The second-order valence-electron chi connectivity index (χ2n) is 6.31. The summed E-state index contributed by atoms with van der Waals surface area (Å²) in [5.41, 5.74) is 4.70. The zero-order valence-corrected chi connectivity index (χ0v) is 14.1. The fourth-order valence-corrected chi connectivity index (χ4v) is 3.41. The number of carbonyl (C=O) groups is 1. The lowest BCUT2D eigenvalue weighted by Crippen LogP contribution is -2.36. The molecule has 4 rings (SSSR count). The Bertz CT molecular complexity index is 1090. The van der Waals surface area contributed by atoms with E-state index in [0.717, 1.165) is 27.7 Å². The molecule has 0 saturated heterocycles. The first-order valence-corrected chi connectivity index (χ1v) is 8.05. The summed E-state index contributed by atoms with van der Waals surface area (Å²) in [7, 11) is 3.95. The zero-order chi connectivity index (χ0) is 16.8. The molecule has 0 aliphatic heterocycles. The highest BCUT2D eigenvalue weighted by Gasteiger charge is 2.26. The Morgan fingerprint density at radius 1 is 0.958 bits per heavy atom. The number of para-hydroxylation sites is 1. The van der Waals surface area contributed by atoms with Gasteiger partial charge in [-0.2, -0.15) is 4.57 Å². The Morgan fingerprint density at radius 3 is 2.42 bits per heavy atom. The molecule has 0 unspecified atom stereocenters. The van der Waals surface area contributed by atoms with E-state index in [0.29, 0.717) is 5.56 Å². The van der Waals surface area contributed by atoms with E-state index in [-0.39, 0.29) is 5.78 Å². The lowest BCUT2D eigenvalue weighted by Gasteiger charge is -2.05. The Kier molecular flexibility index (Phi) is 3.24. The van der Waals surface area contributed by atoms with Gasteiger partial charge in [-0.15, -0.1) is 0 Å². The van der Waals surface area contributed by atoms with Crippen molar-refractivity contribution in [1.82, 2.24) is 4.57 Å². The fourth-order valence-electron chi connectivity index (χ4n) is 3.41. The van der Waals surface area contributed by atoms with Crippen molar-refractivity contribution in [3.63, 3.8) is 0 Å². The van der Waals surface area contributed by atoms with Crippen LogP contribution in [0.3, 0.4) is 0 Å². The maximum absolute atomic E-state index is 13.2. The number of aryl methyl sites for hydroxylation is 3. The van der Waals surface area contributed by atoms with Gasteiger partial charge in [-0.05, 0) is 13.0 Å². The lowest BCUT2D eigenvalue weighted by molar-refractivity contribution is -0.672. The number of benzene rings is 2. The molecule has 24 heavy (non-hydrogen) atoms. The number of rotatable bonds is 2. The van der Waals surface area contributed by atoms with Gasteiger partial charge in [0.05, 0.1) is 0 Å². The monoisotopic (exact) mass is 315 g/mol. The Morgan fingerprint density at radius 2 is 1.67 bits per heavy atom. The van der Waals surface area contributed by atoms with E-state index in [9.17, 15) is 4.79 Å². The minimum absolute atomic E-state index is 0.0500. The van der Waals surface area contributed by atoms with Gasteiger partial charge in [0.15, 0.2) is 6.20 Å². The van der Waals surface area contributed by atoms with Crippen LogP contribution in [0.15, 0.2) is 60.8 Å². The third-order valence-corrected chi connectivity index (χ3v) is 4.72. The Labute approximate surface area is 140 Å². The minimum atomic E-state index is 0.0500. The third kappa shape index (κ3) is 2.05. The van der Waals surface area contributed by atoms with E-state index in [1.54, 1.807) is 0 Å². The molecular formula is C21H19N2O+. The van der Waals surface area contributed by atoms with Crippen LogP contribution in [0.25, 0.3) is 21.8 Å². The van der Waals surface area contributed by atoms with Crippen molar-refractivity contribution in [2.24, 2.45) is 14.1 Å². The SMILES string of the molecule is Cc1ccc(C(=O)c2c3c(cc[n+]2C)c2ccccc2n3C)cc1. The van der Waals surface area contributed by atoms with Gasteiger partial charge < -0.3 is 4.57 Å². The van der Waals surface area contributed by atoms with Crippen molar-refractivity contribution in [1.29, 1.82) is 0 Å². The number of fused-ring (bicyclic) bond motifs is 3. The van der Waals surface area contributed by atoms with Crippen molar-refractivity contribution < 1.29 is 9.36 Å². The average Bonchev–Trinajstić information content (AvgIpc) is 2.88. The summed E-state index contributed by atoms with van der Waals surface area (Å²) in [5, 5.41) is 2.29. The molecule has 3 nitrogen and oxygen atoms in total. The number of nitrogens with zero attached hydrogens (tertiary/aromatic N) is 2. The van der Waals surface area contributed by atoms with Gasteiger partial charge >= 0.3 is 0 Å². The molecule has 2 aromatic carbocycles. The fraction of sp³-hybridized carbons (Fsp3) is 0.143. The molecule has 4 aromatic rings. The molecule has 0 radical (unpaired) electrons. The summed E-state index contributed by atoms with van der Waals surface area (Å²) in [6, 6.07) is 18.1. The van der Waals surface area contributed by atoms with Crippen LogP contribution >= 0.6 is 0 Å². The van der Waals surface area contributed by atoms with Crippen molar-refractivity contribution in [2.75, 3.05) is 0 Å². The van der Waals surface area contributed by atoms with Crippen LogP contribution in [0.2, 0.25) is 0 Å². The van der Waals surface area contributed by atoms with E-state index < -0.39 is 0 Å². The van der Waals surface area contributed by atoms with Crippen molar-refractivity contribution in [2.45, 2.75) is 6.92 Å². The summed E-state index contributed by atoms with van der Waals surface area (Å²) < 4.78 is 4.04. The largest absolute Gasteiger partial charge is 0.338 e. The first kappa shape index (κ1) is 14.6. The average molecular weight is 315 g/mol. The smallest absolute Gasteiger partial charge is 0.277 e. The highest BCUT2D eigenvalue weighted by Crippen LogP contribution is 2.29. The van der Waals surface area contributed by atoms with Crippen LogP contribution in [0, 0.1) is 6.92 Å². The molecule has 0 N–H and O–H groups in total. The molecule has 0 saturated carbocycles. The molecule has 3 heteroatoms. The molecule has 2 aromatic heterocycles. The molecular weight excluding hydrogens is 296 g/mol. The summed E-state index contributed by atoms with van der Waals surface area (Å²) in [4.78, 5) is 13.2. The molecule has 0 bridgehead atoms. The maximum atomic E-state index is 13.2. The Balaban J connectivity index is 2.06. The number of hydrogen-bond donors (Lipinski definition) is 0. The lowest BCUT2D eigenvalue weighted by atomic mass is 10.0. The predicted octanol–water partition coefficient (Wildman–Crippen LogP) is 3.70. The molecule has 118 valence electrons. The standard InChI is InChI=1S/C21H19N2O/c1-14-8-10-15(11-9-14)21(24)20-19-17(12-13-22(20)2)16-6-4-5-7-18(16)23(19)3/h4-13H,1-3H3/q+1. The molecule has 0 atom stereocenters. The first-order chi connectivity index (χ1) is 11.6. The van der Waals surface area contributed by atoms with Gasteiger partial charge in [0.1, 0.15) is 12.6 Å². The van der Waals surface area contributed by atoms with Crippen LogP contribution < -0.4 is 4.57 Å². The van der Waals surface area contributed by atoms with Crippen LogP contribution in [-0.4, -0.2) is 10.4 Å². The van der Waals surface area contributed by atoms with E-state index in [1.165, 1.54) is 5.39 Å². The van der Waals surface area contributed by atoms with Crippen LogP contribution in [0.5, 0.6) is 0 Å². The molecule has 0 spiro atoms. The van der Waals surface area contributed by atoms with Crippen LogP contribution in [0.4, 0.5) is 0 Å². The van der Waals surface area contributed by atoms with Gasteiger partial charge in [-0.3, -0.25) is 4.79 Å². The summed E-state index contributed by atoms with van der Waals surface area (Å²) in [5.74, 6) is 0.0500. The number of hydrogen-bond acceptors (Lipinski definition) is 1. The van der Waals surface area contributed by atoms with E-state index in [4.69, 9.17) is 0 Å². The quantitative estimate of drug-likeness (QED) is 0.409. The van der Waals surface area contributed by atoms with Gasteiger partial charge in [-0.1, -0.05) is 48.0 Å². The molecule has 0 aliphatic rings. The van der Waals surface area contributed by atoms with Gasteiger partial charge in [0.2, 0.25) is 0 Å². The first-order valence-electron chi connectivity index (χ1n) is 8.05. The van der Waals surface area contributed by atoms with Gasteiger partial charge in [0.25, 0.3) is 11.5 Å². The van der Waals surface area contributed by atoms with Crippen molar-refractivity contribution >= 4 is 27.6 Å². The second kappa shape index (κ2) is 5.31. The second-order valence-corrected chi connectivity index (χ2v) is 6.31.